The van der Waals surface area contributed by atoms with Gasteiger partial charge in [-0.15, -0.1) is 0 Å². The van der Waals surface area contributed by atoms with E-state index in [0.717, 1.165) is 6.07 Å². The lowest BCUT2D eigenvalue weighted by Gasteiger charge is -2.32. The molecule has 1 aliphatic rings. The van der Waals surface area contributed by atoms with Crippen LogP contribution in [0.3, 0.4) is 0 Å². The molecular formula is C13H17BFNO3. The van der Waals surface area contributed by atoms with Gasteiger partial charge in [0, 0.05) is 16.7 Å². The van der Waals surface area contributed by atoms with Crippen molar-refractivity contribution in [2.75, 3.05) is 5.73 Å². The van der Waals surface area contributed by atoms with Gasteiger partial charge in [0.1, 0.15) is 5.82 Å². The second kappa shape index (κ2) is 4.32. The van der Waals surface area contributed by atoms with Crippen molar-refractivity contribution in [1.29, 1.82) is 0 Å². The van der Waals surface area contributed by atoms with Crippen molar-refractivity contribution in [2.24, 2.45) is 0 Å². The zero-order valence-electron chi connectivity index (χ0n) is 11.5. The Labute approximate surface area is 112 Å². The third-order valence-corrected chi connectivity index (χ3v) is 3.84. The van der Waals surface area contributed by atoms with Crippen LogP contribution < -0.4 is 11.2 Å². The van der Waals surface area contributed by atoms with Crippen molar-refractivity contribution in [2.45, 2.75) is 38.9 Å². The molecule has 102 valence electrons. The maximum absolute atomic E-state index is 14.0. The SMILES string of the molecule is CC1(C)OB(c2cc(N)c(C=O)cc2F)OC1(C)C. The summed E-state index contributed by atoms with van der Waals surface area (Å²) in [5, 5.41) is 0. The van der Waals surface area contributed by atoms with Gasteiger partial charge in [0.25, 0.3) is 0 Å². The van der Waals surface area contributed by atoms with E-state index in [1.165, 1.54) is 6.07 Å². The van der Waals surface area contributed by atoms with E-state index in [9.17, 15) is 9.18 Å². The minimum absolute atomic E-state index is 0.123. The first-order valence-electron chi connectivity index (χ1n) is 6.08. The number of anilines is 1. The van der Waals surface area contributed by atoms with E-state index in [2.05, 4.69) is 0 Å². The summed E-state index contributed by atoms with van der Waals surface area (Å²) in [6, 6.07) is 2.49. The molecule has 0 spiro atoms. The van der Waals surface area contributed by atoms with Crippen molar-refractivity contribution in [3.8, 4) is 0 Å². The van der Waals surface area contributed by atoms with E-state index >= 15 is 0 Å². The number of carbonyl (C=O) groups is 1. The summed E-state index contributed by atoms with van der Waals surface area (Å²) in [4.78, 5) is 10.7. The summed E-state index contributed by atoms with van der Waals surface area (Å²) in [5.41, 5.74) is 5.13. The van der Waals surface area contributed by atoms with Gasteiger partial charge >= 0.3 is 7.12 Å². The highest BCUT2D eigenvalue weighted by Gasteiger charge is 2.52. The average molecular weight is 265 g/mol. The molecule has 0 bridgehead atoms. The summed E-state index contributed by atoms with van der Waals surface area (Å²) < 4.78 is 25.5. The molecule has 0 atom stereocenters. The van der Waals surface area contributed by atoms with Crippen LogP contribution in [0.5, 0.6) is 0 Å². The molecule has 0 unspecified atom stereocenters. The molecule has 4 nitrogen and oxygen atoms in total. The Bertz CT molecular complexity index is 515. The molecule has 1 aromatic rings. The molecule has 1 saturated heterocycles. The molecule has 0 aromatic heterocycles. The maximum Gasteiger partial charge on any atom is 0.497 e. The number of hydrogen-bond acceptors (Lipinski definition) is 4. The van der Waals surface area contributed by atoms with Crippen molar-refractivity contribution in [3.63, 3.8) is 0 Å². The van der Waals surface area contributed by atoms with E-state index in [1.54, 1.807) is 0 Å². The molecule has 0 aliphatic carbocycles. The van der Waals surface area contributed by atoms with Crippen LogP contribution in [0.4, 0.5) is 10.1 Å². The molecule has 2 rings (SSSR count). The Morgan fingerprint density at radius 3 is 2.21 bits per heavy atom. The van der Waals surface area contributed by atoms with Crippen LogP contribution >= 0.6 is 0 Å². The first-order chi connectivity index (χ1) is 8.68. The van der Waals surface area contributed by atoms with Crippen LogP contribution in [0.2, 0.25) is 0 Å². The van der Waals surface area contributed by atoms with Gasteiger partial charge in [0.15, 0.2) is 6.29 Å². The number of aldehydes is 1. The fraction of sp³-hybridized carbons (Fsp3) is 0.462. The Morgan fingerprint density at radius 1 is 1.21 bits per heavy atom. The van der Waals surface area contributed by atoms with Crippen LogP contribution in [-0.4, -0.2) is 24.6 Å². The molecule has 19 heavy (non-hydrogen) atoms. The fourth-order valence-electron chi connectivity index (χ4n) is 1.88. The van der Waals surface area contributed by atoms with Crippen molar-refractivity contribution in [3.05, 3.63) is 23.5 Å². The van der Waals surface area contributed by atoms with Crippen LogP contribution in [-0.2, 0) is 9.31 Å². The molecule has 1 heterocycles. The molecule has 2 N–H and O–H groups in total. The lowest BCUT2D eigenvalue weighted by atomic mass is 9.78. The number of halogens is 1. The molecule has 1 aromatic carbocycles. The standard InChI is InChI=1S/C13H17BFNO3/c1-12(2)13(3,4)19-14(18-12)9-6-11(16)8(7-17)5-10(9)15/h5-7H,16H2,1-4H3. The summed E-state index contributed by atoms with van der Waals surface area (Å²) in [5.74, 6) is -0.560. The highest BCUT2D eigenvalue weighted by atomic mass is 19.1. The van der Waals surface area contributed by atoms with Crippen molar-refractivity contribution in [1.82, 2.24) is 0 Å². The van der Waals surface area contributed by atoms with Gasteiger partial charge in [0.2, 0.25) is 0 Å². The van der Waals surface area contributed by atoms with Gasteiger partial charge in [0.05, 0.1) is 11.2 Å². The number of benzene rings is 1. The summed E-state index contributed by atoms with van der Waals surface area (Å²) in [6.45, 7) is 7.53. The lowest BCUT2D eigenvalue weighted by molar-refractivity contribution is 0.00578. The number of rotatable bonds is 2. The van der Waals surface area contributed by atoms with Gasteiger partial charge in [-0.2, -0.15) is 0 Å². The predicted molar refractivity (Wildman–Crippen MR) is 71.9 cm³/mol. The Morgan fingerprint density at radius 2 is 1.74 bits per heavy atom. The molecule has 6 heteroatoms. The first-order valence-corrected chi connectivity index (χ1v) is 6.08. The Hall–Kier alpha value is -1.40. The minimum atomic E-state index is -0.826. The number of nitrogen functional groups attached to an aromatic ring is 1. The number of nitrogens with two attached hydrogens (primary N) is 1. The van der Waals surface area contributed by atoms with E-state index in [1.807, 2.05) is 27.7 Å². The highest BCUT2D eigenvalue weighted by molar-refractivity contribution is 6.62. The molecule has 0 radical (unpaired) electrons. The first kappa shape index (κ1) is 14.0. The van der Waals surface area contributed by atoms with Crippen molar-refractivity contribution < 1.29 is 18.5 Å². The zero-order chi connectivity index (χ0) is 14.4. The summed E-state index contributed by atoms with van der Waals surface area (Å²) >= 11 is 0. The maximum atomic E-state index is 14.0. The normalized spacial score (nSPS) is 20.6. The van der Waals surface area contributed by atoms with Crippen molar-refractivity contribution >= 4 is 24.6 Å². The predicted octanol–water partition coefficient (Wildman–Crippen LogP) is 1.52. The van der Waals surface area contributed by atoms with E-state index < -0.39 is 24.1 Å². The monoisotopic (exact) mass is 265 g/mol. The summed E-state index contributed by atoms with van der Waals surface area (Å²) in [6.07, 6.45) is 0.520. The fourth-order valence-corrected chi connectivity index (χ4v) is 1.88. The Balaban J connectivity index is 2.40. The largest absolute Gasteiger partial charge is 0.497 e. The lowest BCUT2D eigenvalue weighted by Crippen LogP contribution is -2.41. The minimum Gasteiger partial charge on any atom is -0.399 e. The van der Waals surface area contributed by atoms with Gasteiger partial charge in [-0.1, -0.05) is 0 Å². The molecule has 1 fully saturated rings. The topological polar surface area (TPSA) is 61.5 Å². The molecule has 0 amide bonds. The molecule has 1 aliphatic heterocycles. The molecular weight excluding hydrogens is 248 g/mol. The van der Waals surface area contributed by atoms with Gasteiger partial charge in [-0.05, 0) is 39.8 Å². The smallest absolute Gasteiger partial charge is 0.399 e. The third kappa shape index (κ3) is 2.26. The number of carbonyl (C=O) groups excluding carboxylic acids is 1. The van der Waals surface area contributed by atoms with Crippen LogP contribution in [0.25, 0.3) is 0 Å². The van der Waals surface area contributed by atoms with Gasteiger partial charge in [-0.3, -0.25) is 4.79 Å². The highest BCUT2D eigenvalue weighted by Crippen LogP contribution is 2.36. The zero-order valence-corrected chi connectivity index (χ0v) is 11.5. The number of hydrogen-bond donors (Lipinski definition) is 1. The second-order valence-corrected chi connectivity index (χ2v) is 5.71. The van der Waals surface area contributed by atoms with Gasteiger partial charge < -0.3 is 15.0 Å². The molecule has 0 saturated carbocycles. The van der Waals surface area contributed by atoms with Crippen LogP contribution in [0.1, 0.15) is 38.1 Å². The summed E-state index contributed by atoms with van der Waals surface area (Å²) in [7, 11) is -0.826. The van der Waals surface area contributed by atoms with E-state index in [4.69, 9.17) is 15.0 Å². The van der Waals surface area contributed by atoms with Gasteiger partial charge in [-0.25, -0.2) is 4.39 Å². The van der Waals surface area contributed by atoms with E-state index in [0.29, 0.717) is 6.29 Å². The second-order valence-electron chi connectivity index (χ2n) is 5.71. The van der Waals surface area contributed by atoms with Crippen LogP contribution in [0.15, 0.2) is 12.1 Å². The van der Waals surface area contributed by atoms with Crippen LogP contribution in [0, 0.1) is 5.82 Å². The Kier molecular flexibility index (Phi) is 3.19. The quantitative estimate of drug-likeness (QED) is 0.500. The van der Waals surface area contributed by atoms with E-state index in [-0.39, 0.29) is 16.7 Å². The third-order valence-electron chi connectivity index (χ3n) is 3.84. The average Bonchev–Trinajstić information content (AvgIpc) is 2.50.